The van der Waals surface area contributed by atoms with Crippen molar-refractivity contribution in [3.8, 4) is 5.75 Å². The molecule has 3 rings (SSSR count). The number of amides is 2. The molecule has 8 nitrogen and oxygen atoms in total. The van der Waals surface area contributed by atoms with Gasteiger partial charge in [-0.3, -0.25) is 13.9 Å². The van der Waals surface area contributed by atoms with E-state index in [2.05, 4.69) is 5.32 Å². The zero-order valence-electron chi connectivity index (χ0n) is 23.8. The average Bonchev–Trinajstić information content (AvgIpc) is 2.95. The molecule has 0 aliphatic rings. The Labute approximate surface area is 262 Å². The third-order valence-corrected chi connectivity index (χ3v) is 9.25. The summed E-state index contributed by atoms with van der Waals surface area (Å²) in [7, 11) is -4.29. The molecule has 0 saturated carbocycles. The minimum atomic E-state index is -4.29. The van der Waals surface area contributed by atoms with Gasteiger partial charge in [0.05, 0.1) is 17.2 Å². The van der Waals surface area contributed by atoms with Crippen LogP contribution in [0.4, 0.5) is 5.69 Å². The number of anilines is 1. The highest BCUT2D eigenvalue weighted by molar-refractivity contribution is 7.92. The predicted molar refractivity (Wildman–Crippen MR) is 168 cm³/mol. The van der Waals surface area contributed by atoms with Gasteiger partial charge < -0.3 is 15.0 Å². The van der Waals surface area contributed by atoms with Crippen LogP contribution in [0.15, 0.2) is 71.6 Å². The van der Waals surface area contributed by atoms with Gasteiger partial charge in [-0.25, -0.2) is 8.42 Å². The van der Waals surface area contributed by atoms with E-state index in [4.69, 9.17) is 39.5 Å². The number of nitrogens with zero attached hydrogens (tertiary/aromatic N) is 2. The molecule has 42 heavy (non-hydrogen) atoms. The first-order valence-corrected chi connectivity index (χ1v) is 16.0. The maximum absolute atomic E-state index is 14.1. The van der Waals surface area contributed by atoms with Crippen molar-refractivity contribution in [2.45, 2.75) is 57.6 Å². The Bertz CT molecular complexity index is 1500. The minimum absolute atomic E-state index is 0.0636. The summed E-state index contributed by atoms with van der Waals surface area (Å²) >= 11 is 18.5. The fourth-order valence-electron chi connectivity index (χ4n) is 4.07. The largest absolute Gasteiger partial charge is 0.492 e. The molecule has 2 atom stereocenters. The molecule has 3 aromatic carbocycles. The molecule has 0 aliphatic carbocycles. The lowest BCUT2D eigenvalue weighted by Gasteiger charge is -2.33. The third-order valence-electron chi connectivity index (χ3n) is 6.64. The van der Waals surface area contributed by atoms with Crippen molar-refractivity contribution in [1.82, 2.24) is 10.2 Å². The Morgan fingerprint density at radius 1 is 0.929 bits per heavy atom. The van der Waals surface area contributed by atoms with Crippen LogP contribution in [0.2, 0.25) is 15.1 Å². The maximum atomic E-state index is 14.1. The molecule has 0 heterocycles. The number of para-hydroxylation sites is 2. The lowest BCUT2D eigenvalue weighted by molar-refractivity contribution is -0.139. The maximum Gasteiger partial charge on any atom is 0.264 e. The zero-order chi connectivity index (χ0) is 31.0. The van der Waals surface area contributed by atoms with E-state index < -0.39 is 28.5 Å². The molecule has 0 saturated heterocycles. The van der Waals surface area contributed by atoms with Gasteiger partial charge in [0.25, 0.3) is 10.0 Å². The summed E-state index contributed by atoms with van der Waals surface area (Å²) in [6.45, 7) is 6.74. The summed E-state index contributed by atoms with van der Waals surface area (Å²) in [6.07, 6.45) is 0.691. The fourth-order valence-corrected chi connectivity index (χ4v) is 6.09. The monoisotopic (exact) mass is 653 g/mol. The first-order chi connectivity index (χ1) is 19.9. The number of carbonyl (C=O) groups is 2. The second-order valence-corrected chi connectivity index (χ2v) is 12.8. The van der Waals surface area contributed by atoms with Gasteiger partial charge in [-0.15, -0.1) is 0 Å². The van der Waals surface area contributed by atoms with E-state index in [1.807, 2.05) is 13.8 Å². The van der Waals surface area contributed by atoms with Crippen molar-refractivity contribution in [3.63, 3.8) is 0 Å². The molecular formula is C30H34Cl3N3O5S. The second kappa shape index (κ2) is 15.0. The van der Waals surface area contributed by atoms with Gasteiger partial charge in [0.2, 0.25) is 11.8 Å². The number of carbonyl (C=O) groups excluding carboxylic acids is 2. The molecule has 0 fully saturated rings. The molecule has 0 aliphatic heterocycles. The second-order valence-electron chi connectivity index (χ2n) is 9.62. The van der Waals surface area contributed by atoms with Gasteiger partial charge in [-0.05, 0) is 81.3 Å². The van der Waals surface area contributed by atoms with E-state index in [9.17, 15) is 18.0 Å². The summed E-state index contributed by atoms with van der Waals surface area (Å²) in [6, 6.07) is 15.9. The van der Waals surface area contributed by atoms with Gasteiger partial charge in [0.1, 0.15) is 18.3 Å². The molecule has 1 N–H and O–H groups in total. The molecular weight excluding hydrogens is 621 g/mol. The van der Waals surface area contributed by atoms with Crippen LogP contribution in [0.3, 0.4) is 0 Å². The Morgan fingerprint density at radius 2 is 1.57 bits per heavy atom. The van der Waals surface area contributed by atoms with Gasteiger partial charge in [0, 0.05) is 27.7 Å². The van der Waals surface area contributed by atoms with Crippen LogP contribution in [0.1, 0.15) is 39.7 Å². The van der Waals surface area contributed by atoms with E-state index in [0.29, 0.717) is 27.1 Å². The third kappa shape index (κ3) is 8.31. The van der Waals surface area contributed by atoms with Crippen molar-refractivity contribution < 1.29 is 22.7 Å². The topological polar surface area (TPSA) is 96.0 Å². The van der Waals surface area contributed by atoms with Crippen LogP contribution in [-0.2, 0) is 26.2 Å². The van der Waals surface area contributed by atoms with Crippen LogP contribution in [-0.4, -0.2) is 50.4 Å². The van der Waals surface area contributed by atoms with Crippen LogP contribution in [0, 0.1) is 0 Å². The van der Waals surface area contributed by atoms with Crippen LogP contribution < -0.4 is 14.4 Å². The molecule has 0 bridgehead atoms. The molecule has 0 radical (unpaired) electrons. The molecule has 2 amide bonds. The quantitative estimate of drug-likeness (QED) is 0.225. The molecule has 3 aromatic rings. The van der Waals surface area contributed by atoms with E-state index in [1.165, 1.54) is 29.2 Å². The van der Waals surface area contributed by atoms with Crippen LogP contribution in [0.25, 0.3) is 0 Å². The Kier molecular flexibility index (Phi) is 11.9. The number of benzene rings is 3. The van der Waals surface area contributed by atoms with Crippen LogP contribution >= 0.6 is 34.8 Å². The lowest BCUT2D eigenvalue weighted by atomic mass is 10.1. The van der Waals surface area contributed by atoms with Gasteiger partial charge in [0.15, 0.2) is 0 Å². The summed E-state index contributed by atoms with van der Waals surface area (Å²) in [5.41, 5.74) is 0.711. The summed E-state index contributed by atoms with van der Waals surface area (Å²) < 4.78 is 34.8. The zero-order valence-corrected chi connectivity index (χ0v) is 26.9. The van der Waals surface area contributed by atoms with Crippen molar-refractivity contribution in [2.24, 2.45) is 0 Å². The number of hydrogen-bond donors (Lipinski definition) is 1. The number of sulfonamides is 1. The molecule has 0 unspecified atom stereocenters. The highest BCUT2D eigenvalue weighted by Crippen LogP contribution is 2.33. The minimum Gasteiger partial charge on any atom is -0.492 e. The van der Waals surface area contributed by atoms with Crippen molar-refractivity contribution in [3.05, 3.63) is 87.4 Å². The smallest absolute Gasteiger partial charge is 0.264 e. The Morgan fingerprint density at radius 3 is 2.19 bits per heavy atom. The van der Waals surface area contributed by atoms with E-state index in [1.54, 1.807) is 56.3 Å². The number of halogens is 3. The average molecular weight is 655 g/mol. The van der Waals surface area contributed by atoms with Crippen molar-refractivity contribution in [2.75, 3.05) is 17.5 Å². The first-order valence-electron chi connectivity index (χ1n) is 13.4. The van der Waals surface area contributed by atoms with Gasteiger partial charge >= 0.3 is 0 Å². The van der Waals surface area contributed by atoms with Crippen molar-refractivity contribution >= 4 is 62.3 Å². The summed E-state index contributed by atoms with van der Waals surface area (Å²) in [4.78, 5) is 28.6. The number of rotatable bonds is 13. The van der Waals surface area contributed by atoms with Crippen LogP contribution in [0.5, 0.6) is 5.75 Å². The number of hydrogen-bond acceptors (Lipinski definition) is 5. The number of ether oxygens (including phenoxy) is 1. The van der Waals surface area contributed by atoms with E-state index in [0.717, 1.165) is 4.31 Å². The first kappa shape index (κ1) is 33.5. The van der Waals surface area contributed by atoms with Gasteiger partial charge in [-0.1, -0.05) is 59.9 Å². The fraction of sp³-hybridized carbons (Fsp3) is 0.333. The molecule has 12 heteroatoms. The highest BCUT2D eigenvalue weighted by atomic mass is 35.5. The molecule has 0 spiro atoms. The van der Waals surface area contributed by atoms with E-state index in [-0.39, 0.29) is 41.4 Å². The number of nitrogens with one attached hydrogen (secondary N) is 1. The molecule has 226 valence electrons. The lowest BCUT2D eigenvalue weighted by Crippen LogP contribution is -2.52. The van der Waals surface area contributed by atoms with E-state index >= 15 is 0 Å². The SMILES string of the molecule is CCOc1ccccc1N(CC(=O)N(Cc1ccc(Cl)cc1Cl)[C@@H](C)C(=O)N[C@@H](C)CC)S(=O)(=O)c1ccc(Cl)cc1. The Hall–Kier alpha value is -2.98. The van der Waals surface area contributed by atoms with Gasteiger partial charge in [-0.2, -0.15) is 0 Å². The predicted octanol–water partition coefficient (Wildman–Crippen LogP) is 6.57. The van der Waals surface area contributed by atoms with Crippen molar-refractivity contribution in [1.29, 1.82) is 0 Å². The Balaban J connectivity index is 2.10. The summed E-state index contributed by atoms with van der Waals surface area (Å²) in [5.74, 6) is -0.735. The highest BCUT2D eigenvalue weighted by Gasteiger charge is 2.34. The standard InChI is InChI=1S/C30H34Cl3N3O5S/c1-5-20(3)34-30(38)21(4)35(18-22-11-12-24(32)17-26(22)33)29(37)19-36(27-9-7-8-10-28(27)41-6-2)42(39,40)25-15-13-23(31)14-16-25/h7-17,20-21H,5-6,18-19H2,1-4H3,(H,34,38)/t20-,21-/m0/s1. The normalized spacial score (nSPS) is 12.7. The molecule has 0 aromatic heterocycles. The summed E-state index contributed by atoms with van der Waals surface area (Å²) in [5, 5.41) is 3.98.